The number of Topliss-reactive ketones (excluding diaryl/α,β-unsaturated/α-hetero) is 1. The summed E-state index contributed by atoms with van der Waals surface area (Å²) in [4.78, 5) is 28.3. The van der Waals surface area contributed by atoms with Crippen molar-refractivity contribution in [2.24, 2.45) is 34.1 Å². The number of rotatable bonds is 2. The van der Waals surface area contributed by atoms with Crippen LogP contribution in [-0.2, 0) is 9.59 Å². The summed E-state index contributed by atoms with van der Waals surface area (Å²) in [5.74, 6) is 0.0610. The minimum Gasteiger partial charge on any atom is -0.301 e. The predicted octanol–water partition coefficient (Wildman–Crippen LogP) is 2.18. The van der Waals surface area contributed by atoms with Gasteiger partial charge in [-0.15, -0.1) is 0 Å². The lowest BCUT2D eigenvalue weighted by Crippen LogP contribution is -2.50. The van der Waals surface area contributed by atoms with Crippen molar-refractivity contribution in [3.63, 3.8) is 0 Å². The smallest absolute Gasteiger partial charge is 0.145 e. The molecule has 1 heterocycles. The predicted molar refractivity (Wildman–Crippen MR) is 74.1 cm³/mol. The lowest BCUT2D eigenvalue weighted by Gasteiger charge is -2.43. The Morgan fingerprint density at radius 3 is 2.60 bits per heavy atom. The Morgan fingerprint density at radius 1 is 1.35 bits per heavy atom. The van der Waals surface area contributed by atoms with Gasteiger partial charge in [0.25, 0.3) is 0 Å². The molecule has 0 N–H and O–H groups in total. The second-order valence-corrected chi connectivity index (χ2v) is 7.28. The number of hydrogen-bond acceptors (Lipinski definition) is 4. The van der Waals surface area contributed by atoms with Crippen LogP contribution in [0.4, 0.5) is 0 Å². The van der Waals surface area contributed by atoms with E-state index in [1.807, 2.05) is 0 Å². The topological polar surface area (TPSA) is 70.3 Å². The minimum absolute atomic E-state index is 0.0197. The molecular weight excluding hydrogens is 252 g/mol. The molecule has 2 saturated carbocycles. The van der Waals surface area contributed by atoms with Gasteiger partial charge in [-0.05, 0) is 36.5 Å². The van der Waals surface area contributed by atoms with Crippen LogP contribution >= 0.6 is 0 Å². The number of ketones is 1. The molecule has 4 unspecified atom stereocenters. The second kappa shape index (κ2) is 4.51. The molecule has 4 nitrogen and oxygen atoms in total. The van der Waals surface area contributed by atoms with E-state index in [1.54, 1.807) is 0 Å². The average Bonchev–Trinajstić information content (AvgIpc) is 3.18. The Morgan fingerprint density at radius 2 is 2.05 bits per heavy atom. The van der Waals surface area contributed by atoms with Gasteiger partial charge in [0.15, 0.2) is 0 Å². The van der Waals surface area contributed by atoms with Crippen molar-refractivity contribution in [2.45, 2.75) is 45.6 Å². The Bertz CT molecular complexity index is 525. The molecule has 2 aliphatic carbocycles. The fourth-order valence-electron chi connectivity index (χ4n) is 4.02. The molecule has 0 spiro atoms. The van der Waals surface area contributed by atoms with Crippen LogP contribution in [0.15, 0.2) is 4.99 Å². The number of carbonyl (C=O) groups excluding carboxylic acids is 2. The SMILES string of the molecule is CC1(C)CC(=O)C2C(=NC(C=O)C(C#N)C2C2CC2)C1. The largest absolute Gasteiger partial charge is 0.301 e. The maximum atomic E-state index is 12.6. The van der Waals surface area contributed by atoms with Crippen LogP contribution in [0, 0.1) is 40.4 Å². The number of hydrogen-bond donors (Lipinski definition) is 0. The third-order valence-electron chi connectivity index (χ3n) is 4.96. The van der Waals surface area contributed by atoms with Gasteiger partial charge in [-0.2, -0.15) is 5.26 Å². The highest BCUT2D eigenvalue weighted by molar-refractivity contribution is 6.09. The lowest BCUT2D eigenvalue weighted by atomic mass is 9.61. The molecule has 0 radical (unpaired) electrons. The summed E-state index contributed by atoms with van der Waals surface area (Å²) in [5.41, 5.74) is 0.805. The van der Waals surface area contributed by atoms with E-state index >= 15 is 0 Å². The summed E-state index contributed by atoms with van der Waals surface area (Å²) >= 11 is 0. The van der Waals surface area contributed by atoms with Crippen molar-refractivity contribution < 1.29 is 9.59 Å². The van der Waals surface area contributed by atoms with E-state index in [9.17, 15) is 14.9 Å². The van der Waals surface area contributed by atoms with Crippen LogP contribution in [0.2, 0.25) is 0 Å². The molecule has 20 heavy (non-hydrogen) atoms. The number of aldehydes is 1. The highest BCUT2D eigenvalue weighted by Crippen LogP contribution is 2.51. The third-order valence-corrected chi connectivity index (χ3v) is 4.96. The Balaban J connectivity index is 2.03. The lowest BCUT2D eigenvalue weighted by molar-refractivity contribution is -0.127. The van der Waals surface area contributed by atoms with Gasteiger partial charge in [0, 0.05) is 12.1 Å². The van der Waals surface area contributed by atoms with E-state index in [4.69, 9.17) is 0 Å². The van der Waals surface area contributed by atoms with Gasteiger partial charge in [0.05, 0.1) is 17.9 Å². The van der Waals surface area contributed by atoms with Gasteiger partial charge in [-0.25, -0.2) is 0 Å². The first kappa shape index (κ1) is 13.5. The first-order valence-electron chi connectivity index (χ1n) is 7.41. The second-order valence-electron chi connectivity index (χ2n) is 7.28. The van der Waals surface area contributed by atoms with Gasteiger partial charge >= 0.3 is 0 Å². The van der Waals surface area contributed by atoms with Crippen LogP contribution in [-0.4, -0.2) is 23.8 Å². The maximum absolute atomic E-state index is 12.6. The van der Waals surface area contributed by atoms with Crippen molar-refractivity contribution in [1.29, 1.82) is 5.26 Å². The van der Waals surface area contributed by atoms with Crippen molar-refractivity contribution in [3.05, 3.63) is 0 Å². The van der Waals surface area contributed by atoms with E-state index in [1.165, 1.54) is 0 Å². The van der Waals surface area contributed by atoms with Crippen molar-refractivity contribution >= 4 is 17.8 Å². The Hall–Kier alpha value is -1.50. The number of nitriles is 1. The first-order chi connectivity index (χ1) is 9.46. The van der Waals surface area contributed by atoms with Gasteiger partial charge < -0.3 is 4.79 Å². The summed E-state index contributed by atoms with van der Waals surface area (Å²) < 4.78 is 0. The molecule has 106 valence electrons. The fourth-order valence-corrected chi connectivity index (χ4v) is 4.02. The zero-order chi connectivity index (χ0) is 14.5. The molecule has 4 heteroatoms. The summed E-state index contributed by atoms with van der Waals surface area (Å²) in [6.45, 7) is 4.14. The van der Waals surface area contributed by atoms with Crippen LogP contribution in [0.5, 0.6) is 0 Å². The number of carbonyl (C=O) groups is 2. The molecule has 3 rings (SSSR count). The number of nitrogens with zero attached hydrogens (tertiary/aromatic N) is 2. The van der Waals surface area contributed by atoms with Gasteiger partial charge in [0.1, 0.15) is 18.1 Å². The van der Waals surface area contributed by atoms with Crippen molar-refractivity contribution in [3.8, 4) is 6.07 Å². The zero-order valence-electron chi connectivity index (χ0n) is 12.0. The molecule has 0 saturated heterocycles. The maximum Gasteiger partial charge on any atom is 0.145 e. The summed E-state index contributed by atoms with van der Waals surface area (Å²) in [6, 6.07) is 1.69. The molecule has 0 aromatic rings. The molecule has 0 amide bonds. The first-order valence-corrected chi connectivity index (χ1v) is 7.41. The standard InChI is InChI=1S/C16H20N2O2/c1-16(2)5-11-15(13(20)6-16)14(9-3-4-9)10(7-17)12(8-19)18-11/h8-10,12,14-15H,3-6H2,1-2H3. The van der Waals surface area contributed by atoms with E-state index in [2.05, 4.69) is 24.9 Å². The van der Waals surface area contributed by atoms with Crippen LogP contribution in [0.3, 0.4) is 0 Å². The highest BCUT2D eigenvalue weighted by Gasteiger charge is 2.53. The van der Waals surface area contributed by atoms with Crippen molar-refractivity contribution in [2.75, 3.05) is 0 Å². The quantitative estimate of drug-likeness (QED) is 0.723. The van der Waals surface area contributed by atoms with Crippen LogP contribution in [0.25, 0.3) is 0 Å². The van der Waals surface area contributed by atoms with Crippen LogP contribution in [0.1, 0.15) is 39.5 Å². The highest BCUT2D eigenvalue weighted by atomic mass is 16.1. The Kier molecular flexibility index (Phi) is 3.04. The van der Waals surface area contributed by atoms with E-state index in [0.29, 0.717) is 12.3 Å². The molecule has 0 aromatic heterocycles. The third kappa shape index (κ3) is 2.09. The summed E-state index contributed by atoms with van der Waals surface area (Å²) in [6.07, 6.45) is 4.28. The molecule has 4 atom stereocenters. The van der Waals surface area contributed by atoms with E-state index in [-0.39, 0.29) is 23.0 Å². The summed E-state index contributed by atoms with van der Waals surface area (Å²) in [7, 11) is 0. The molecule has 2 fully saturated rings. The van der Waals surface area contributed by atoms with E-state index < -0.39 is 12.0 Å². The van der Waals surface area contributed by atoms with Gasteiger partial charge in [-0.3, -0.25) is 9.79 Å². The monoisotopic (exact) mass is 272 g/mol. The Labute approximate surface area is 119 Å². The molecule has 1 aliphatic heterocycles. The number of aliphatic imine (C=N–C) groups is 1. The molecule has 3 aliphatic rings. The molecule has 0 aromatic carbocycles. The zero-order valence-corrected chi connectivity index (χ0v) is 12.0. The van der Waals surface area contributed by atoms with Crippen molar-refractivity contribution in [1.82, 2.24) is 0 Å². The van der Waals surface area contributed by atoms with Crippen LogP contribution < -0.4 is 0 Å². The van der Waals surface area contributed by atoms with Gasteiger partial charge in [0.2, 0.25) is 0 Å². The van der Waals surface area contributed by atoms with E-state index in [0.717, 1.165) is 31.3 Å². The average molecular weight is 272 g/mol. The van der Waals surface area contributed by atoms with Gasteiger partial charge in [-0.1, -0.05) is 13.8 Å². The molecular formula is C16H20N2O2. The minimum atomic E-state index is -0.571. The molecule has 0 bridgehead atoms. The fraction of sp³-hybridized carbons (Fsp3) is 0.750. The number of fused-ring (bicyclic) bond motifs is 1. The normalized spacial score (nSPS) is 39.5. The summed E-state index contributed by atoms with van der Waals surface area (Å²) in [5, 5.41) is 9.43.